The Kier molecular flexibility index (Phi) is 3.52. The average molecular weight is 272 g/mol. The van der Waals surface area contributed by atoms with Crippen molar-refractivity contribution in [2.45, 2.75) is 25.3 Å². The molecule has 1 rings (SSSR count). The van der Waals surface area contributed by atoms with E-state index in [0.717, 1.165) is 10.0 Å². The maximum Gasteiger partial charge on any atom is 0.321 e. The van der Waals surface area contributed by atoms with Crippen LogP contribution >= 0.6 is 15.9 Å². The van der Waals surface area contributed by atoms with Crippen LogP contribution in [0.25, 0.3) is 0 Å². The summed E-state index contributed by atoms with van der Waals surface area (Å²) < 4.78 is 0.964. The highest BCUT2D eigenvalue weighted by molar-refractivity contribution is 9.10. The van der Waals surface area contributed by atoms with Crippen molar-refractivity contribution >= 4 is 21.9 Å². The van der Waals surface area contributed by atoms with E-state index in [1.165, 1.54) is 0 Å². The number of halogens is 1. The summed E-state index contributed by atoms with van der Waals surface area (Å²) in [5.74, 6) is -0.983. The normalized spacial score (nSPS) is 13.6. The summed E-state index contributed by atoms with van der Waals surface area (Å²) in [6, 6.07) is 6.62. The maximum atomic E-state index is 10.9. The quantitative estimate of drug-likeness (QED) is 0.886. The van der Waals surface area contributed by atoms with Gasteiger partial charge in [-0.1, -0.05) is 41.9 Å². The molecular weight excluding hydrogens is 258 g/mol. The summed E-state index contributed by atoms with van der Waals surface area (Å²) in [4.78, 5) is 10.9. The highest BCUT2D eigenvalue weighted by Gasteiger charge is 2.33. The van der Waals surface area contributed by atoms with Gasteiger partial charge in [0.05, 0.1) is 0 Å². The standard InChI is InChI=1S/C11H14BrNO2/c1-11(2,9(13)10(14)15)7-3-5-8(12)6-4-7/h3-6,9H,13H2,1-2H3,(H,14,15). The second kappa shape index (κ2) is 4.33. The van der Waals surface area contributed by atoms with Crippen LogP contribution in [0.1, 0.15) is 19.4 Å². The van der Waals surface area contributed by atoms with Crippen molar-refractivity contribution in [3.05, 3.63) is 34.3 Å². The third kappa shape index (κ3) is 2.58. The number of benzene rings is 1. The number of aliphatic carboxylic acids is 1. The van der Waals surface area contributed by atoms with E-state index in [0.29, 0.717) is 0 Å². The van der Waals surface area contributed by atoms with Crippen molar-refractivity contribution in [3.63, 3.8) is 0 Å². The van der Waals surface area contributed by atoms with E-state index in [4.69, 9.17) is 10.8 Å². The lowest BCUT2D eigenvalue weighted by atomic mass is 9.78. The van der Waals surface area contributed by atoms with Crippen LogP contribution in [-0.4, -0.2) is 17.1 Å². The zero-order chi connectivity index (χ0) is 11.6. The van der Waals surface area contributed by atoms with Gasteiger partial charge >= 0.3 is 5.97 Å². The van der Waals surface area contributed by atoms with Gasteiger partial charge in [0.1, 0.15) is 6.04 Å². The number of nitrogens with two attached hydrogens (primary N) is 1. The van der Waals surface area contributed by atoms with E-state index in [2.05, 4.69) is 15.9 Å². The smallest absolute Gasteiger partial charge is 0.321 e. The van der Waals surface area contributed by atoms with Crippen molar-refractivity contribution in [1.82, 2.24) is 0 Å². The molecule has 0 heterocycles. The maximum absolute atomic E-state index is 10.9. The fourth-order valence-corrected chi connectivity index (χ4v) is 1.63. The van der Waals surface area contributed by atoms with Crippen molar-refractivity contribution in [2.24, 2.45) is 5.73 Å². The SMILES string of the molecule is CC(C)(c1ccc(Br)cc1)C(N)C(=O)O. The Bertz CT molecular complexity index is 359. The van der Waals surface area contributed by atoms with Crippen LogP contribution in [0.15, 0.2) is 28.7 Å². The number of rotatable bonds is 3. The lowest BCUT2D eigenvalue weighted by molar-refractivity contribution is -0.140. The van der Waals surface area contributed by atoms with Crippen LogP contribution in [-0.2, 0) is 10.2 Å². The van der Waals surface area contributed by atoms with Gasteiger partial charge in [-0.2, -0.15) is 0 Å². The second-order valence-electron chi connectivity index (χ2n) is 4.04. The van der Waals surface area contributed by atoms with E-state index in [1.54, 1.807) is 0 Å². The topological polar surface area (TPSA) is 63.3 Å². The van der Waals surface area contributed by atoms with E-state index in [-0.39, 0.29) is 0 Å². The molecule has 0 aliphatic heterocycles. The first-order valence-electron chi connectivity index (χ1n) is 4.60. The van der Waals surface area contributed by atoms with Crippen molar-refractivity contribution < 1.29 is 9.90 Å². The van der Waals surface area contributed by atoms with Gasteiger partial charge in [0.25, 0.3) is 0 Å². The van der Waals surface area contributed by atoms with Gasteiger partial charge in [-0.05, 0) is 17.7 Å². The zero-order valence-corrected chi connectivity index (χ0v) is 10.3. The molecule has 1 atom stereocenters. The minimum atomic E-state index is -0.983. The van der Waals surface area contributed by atoms with Crippen LogP contribution in [0.2, 0.25) is 0 Å². The minimum absolute atomic E-state index is 0.577. The highest BCUT2D eigenvalue weighted by Crippen LogP contribution is 2.27. The molecule has 3 N–H and O–H groups in total. The van der Waals surface area contributed by atoms with E-state index in [9.17, 15) is 4.79 Å². The van der Waals surface area contributed by atoms with Crippen LogP contribution in [0.5, 0.6) is 0 Å². The van der Waals surface area contributed by atoms with Gasteiger partial charge < -0.3 is 10.8 Å². The first-order valence-corrected chi connectivity index (χ1v) is 5.39. The molecule has 0 aliphatic rings. The molecule has 0 spiro atoms. The van der Waals surface area contributed by atoms with E-state index < -0.39 is 17.4 Å². The van der Waals surface area contributed by atoms with Crippen LogP contribution in [0, 0.1) is 0 Å². The Labute approximate surface area is 97.4 Å². The summed E-state index contributed by atoms with van der Waals surface area (Å²) in [6.45, 7) is 3.66. The van der Waals surface area contributed by atoms with Crippen LogP contribution < -0.4 is 5.73 Å². The molecule has 0 fully saturated rings. The van der Waals surface area contributed by atoms with Gasteiger partial charge in [-0.25, -0.2) is 0 Å². The number of carboxylic acids is 1. The molecular formula is C11H14BrNO2. The first-order chi connectivity index (χ1) is 6.85. The summed E-state index contributed by atoms with van der Waals surface area (Å²) >= 11 is 3.33. The van der Waals surface area contributed by atoms with E-state index >= 15 is 0 Å². The predicted molar refractivity (Wildman–Crippen MR) is 62.8 cm³/mol. The molecule has 0 aromatic heterocycles. The molecule has 0 saturated heterocycles. The molecule has 0 aliphatic carbocycles. The Balaban J connectivity index is 3.05. The highest BCUT2D eigenvalue weighted by atomic mass is 79.9. The number of carbonyl (C=O) groups is 1. The first kappa shape index (κ1) is 12.2. The third-order valence-electron chi connectivity index (χ3n) is 2.63. The fourth-order valence-electron chi connectivity index (χ4n) is 1.37. The largest absolute Gasteiger partial charge is 0.480 e. The number of hydrogen-bond donors (Lipinski definition) is 2. The molecule has 3 nitrogen and oxygen atoms in total. The lowest BCUT2D eigenvalue weighted by Gasteiger charge is -2.29. The molecule has 1 aromatic carbocycles. The van der Waals surface area contributed by atoms with E-state index in [1.807, 2.05) is 38.1 Å². The van der Waals surface area contributed by atoms with Crippen molar-refractivity contribution in [1.29, 1.82) is 0 Å². The predicted octanol–water partition coefficient (Wildman–Crippen LogP) is 2.14. The Morgan fingerprint density at radius 1 is 1.40 bits per heavy atom. The molecule has 0 amide bonds. The Hall–Kier alpha value is -0.870. The van der Waals surface area contributed by atoms with Crippen molar-refractivity contribution in [3.8, 4) is 0 Å². The summed E-state index contributed by atoms with van der Waals surface area (Å²) in [5, 5.41) is 8.90. The zero-order valence-electron chi connectivity index (χ0n) is 8.70. The summed E-state index contributed by atoms with van der Waals surface area (Å²) in [7, 11) is 0. The van der Waals surface area contributed by atoms with Crippen molar-refractivity contribution in [2.75, 3.05) is 0 Å². The molecule has 1 unspecified atom stereocenters. The third-order valence-corrected chi connectivity index (χ3v) is 3.16. The second-order valence-corrected chi connectivity index (χ2v) is 4.96. The molecule has 15 heavy (non-hydrogen) atoms. The Morgan fingerprint density at radius 2 is 1.87 bits per heavy atom. The molecule has 0 saturated carbocycles. The molecule has 0 radical (unpaired) electrons. The fraction of sp³-hybridized carbons (Fsp3) is 0.364. The van der Waals surface area contributed by atoms with Gasteiger partial charge in [-0.3, -0.25) is 4.79 Å². The van der Waals surface area contributed by atoms with Gasteiger partial charge in [-0.15, -0.1) is 0 Å². The van der Waals surface area contributed by atoms with Gasteiger partial charge in [0.15, 0.2) is 0 Å². The minimum Gasteiger partial charge on any atom is -0.480 e. The molecule has 82 valence electrons. The van der Waals surface area contributed by atoms with Gasteiger partial charge in [0, 0.05) is 9.89 Å². The molecule has 0 bridgehead atoms. The average Bonchev–Trinajstić information content (AvgIpc) is 2.17. The summed E-state index contributed by atoms with van der Waals surface area (Å²) in [6.07, 6.45) is 0. The van der Waals surface area contributed by atoms with Crippen LogP contribution in [0.3, 0.4) is 0 Å². The number of carboxylic acid groups (broad SMARTS) is 1. The summed E-state index contributed by atoms with van der Waals surface area (Å²) in [5.41, 5.74) is 5.99. The molecule has 1 aromatic rings. The lowest BCUT2D eigenvalue weighted by Crippen LogP contribution is -2.46. The monoisotopic (exact) mass is 271 g/mol. The molecule has 4 heteroatoms. The Morgan fingerprint density at radius 3 is 2.27 bits per heavy atom. The van der Waals surface area contributed by atoms with Gasteiger partial charge in [0.2, 0.25) is 0 Å². The van der Waals surface area contributed by atoms with Crippen LogP contribution in [0.4, 0.5) is 0 Å². The number of hydrogen-bond acceptors (Lipinski definition) is 2.